The molecule has 0 saturated heterocycles. The number of nitrogens with zero attached hydrogens (tertiary/aromatic N) is 1. The minimum Gasteiger partial charge on any atom is -0.459 e. The summed E-state index contributed by atoms with van der Waals surface area (Å²) in [4.78, 5) is 34.5. The van der Waals surface area contributed by atoms with Crippen LogP contribution in [0.1, 0.15) is 34.1 Å². The van der Waals surface area contributed by atoms with Gasteiger partial charge in [0.15, 0.2) is 0 Å². The van der Waals surface area contributed by atoms with Crippen molar-refractivity contribution in [2.75, 3.05) is 11.9 Å². The van der Waals surface area contributed by atoms with Gasteiger partial charge >= 0.3 is 18.0 Å². The summed E-state index contributed by atoms with van der Waals surface area (Å²) in [6.45, 7) is 7.24. The van der Waals surface area contributed by atoms with Crippen LogP contribution in [0.25, 0.3) is 0 Å². The SMILES string of the molecule is CCOC(=O)C(=O)Nc1ccn(C(=O)OC(C)(C)CC)c1. The van der Waals surface area contributed by atoms with E-state index in [1.807, 2.05) is 6.92 Å². The zero-order chi connectivity index (χ0) is 16.0. The number of hydrogen-bond donors (Lipinski definition) is 1. The third-order valence-electron chi connectivity index (χ3n) is 2.84. The van der Waals surface area contributed by atoms with Crippen LogP contribution < -0.4 is 5.32 Å². The lowest BCUT2D eigenvalue weighted by Gasteiger charge is -2.23. The Labute approximate surface area is 123 Å². The molecule has 21 heavy (non-hydrogen) atoms. The molecule has 1 aromatic rings. The molecule has 7 heteroatoms. The maximum Gasteiger partial charge on any atom is 0.418 e. The van der Waals surface area contributed by atoms with E-state index in [0.29, 0.717) is 12.1 Å². The van der Waals surface area contributed by atoms with Crippen molar-refractivity contribution in [3.8, 4) is 0 Å². The molecule has 1 aromatic heterocycles. The van der Waals surface area contributed by atoms with Crippen molar-refractivity contribution in [2.45, 2.75) is 39.7 Å². The number of aromatic nitrogens is 1. The monoisotopic (exact) mass is 296 g/mol. The molecule has 7 nitrogen and oxygen atoms in total. The summed E-state index contributed by atoms with van der Waals surface area (Å²) < 4.78 is 11.1. The summed E-state index contributed by atoms with van der Waals surface area (Å²) in [6, 6.07) is 1.48. The van der Waals surface area contributed by atoms with Crippen LogP contribution in [-0.2, 0) is 19.1 Å². The molecule has 1 heterocycles. The van der Waals surface area contributed by atoms with E-state index >= 15 is 0 Å². The lowest BCUT2D eigenvalue weighted by Crippen LogP contribution is -2.29. The zero-order valence-electron chi connectivity index (χ0n) is 12.6. The molecule has 116 valence electrons. The second-order valence-corrected chi connectivity index (χ2v) is 4.96. The van der Waals surface area contributed by atoms with Crippen molar-refractivity contribution in [2.24, 2.45) is 0 Å². The molecule has 1 N–H and O–H groups in total. The molecule has 1 rings (SSSR count). The van der Waals surface area contributed by atoms with Crippen LogP contribution in [0.2, 0.25) is 0 Å². The Balaban J connectivity index is 2.67. The van der Waals surface area contributed by atoms with Gasteiger partial charge in [-0.2, -0.15) is 0 Å². The fourth-order valence-corrected chi connectivity index (χ4v) is 1.32. The molecule has 0 aromatic carbocycles. The van der Waals surface area contributed by atoms with E-state index in [2.05, 4.69) is 10.1 Å². The van der Waals surface area contributed by atoms with Crippen molar-refractivity contribution in [1.82, 2.24) is 4.57 Å². The van der Waals surface area contributed by atoms with Crippen molar-refractivity contribution >= 4 is 23.7 Å². The minimum atomic E-state index is -0.972. The molecular weight excluding hydrogens is 276 g/mol. The third kappa shape index (κ3) is 4.94. The van der Waals surface area contributed by atoms with E-state index in [1.54, 1.807) is 20.8 Å². The number of ether oxygens (including phenoxy) is 2. The van der Waals surface area contributed by atoms with E-state index < -0.39 is 23.6 Å². The van der Waals surface area contributed by atoms with Crippen molar-refractivity contribution in [3.05, 3.63) is 18.5 Å². The summed E-state index contributed by atoms with van der Waals surface area (Å²) in [5, 5.41) is 2.34. The summed E-state index contributed by atoms with van der Waals surface area (Å²) in [5.41, 5.74) is -0.269. The average molecular weight is 296 g/mol. The summed E-state index contributed by atoms with van der Waals surface area (Å²) in [6.07, 6.45) is 2.92. The predicted octanol–water partition coefficient (Wildman–Crippen LogP) is 2.16. The van der Waals surface area contributed by atoms with E-state index in [4.69, 9.17) is 4.74 Å². The molecule has 0 unspecified atom stereocenters. The Morgan fingerprint density at radius 1 is 1.29 bits per heavy atom. The smallest absolute Gasteiger partial charge is 0.418 e. The van der Waals surface area contributed by atoms with Gasteiger partial charge in [-0.25, -0.2) is 9.59 Å². The first-order chi connectivity index (χ1) is 9.79. The lowest BCUT2D eigenvalue weighted by molar-refractivity contribution is -0.152. The highest BCUT2D eigenvalue weighted by Gasteiger charge is 2.22. The Bertz CT molecular complexity index is 533. The van der Waals surface area contributed by atoms with E-state index in [9.17, 15) is 14.4 Å². The Morgan fingerprint density at radius 3 is 2.52 bits per heavy atom. The molecule has 0 fully saturated rings. The number of hydrogen-bond acceptors (Lipinski definition) is 5. The zero-order valence-corrected chi connectivity index (χ0v) is 12.6. The fourth-order valence-electron chi connectivity index (χ4n) is 1.32. The first-order valence-electron chi connectivity index (χ1n) is 6.68. The lowest BCUT2D eigenvalue weighted by atomic mass is 10.1. The molecule has 0 atom stereocenters. The van der Waals surface area contributed by atoms with Crippen LogP contribution in [0.15, 0.2) is 18.5 Å². The second kappa shape index (κ2) is 6.92. The van der Waals surface area contributed by atoms with Gasteiger partial charge in [0.25, 0.3) is 0 Å². The first kappa shape index (κ1) is 16.7. The molecule has 0 radical (unpaired) electrons. The molecule has 0 aliphatic rings. The highest BCUT2D eigenvalue weighted by atomic mass is 16.6. The topological polar surface area (TPSA) is 86.6 Å². The van der Waals surface area contributed by atoms with Gasteiger partial charge in [0.05, 0.1) is 12.3 Å². The van der Waals surface area contributed by atoms with Crippen LogP contribution >= 0.6 is 0 Å². The number of rotatable bonds is 4. The van der Waals surface area contributed by atoms with Crippen molar-refractivity contribution in [1.29, 1.82) is 0 Å². The second-order valence-electron chi connectivity index (χ2n) is 4.96. The summed E-state index contributed by atoms with van der Waals surface area (Å²) in [7, 11) is 0. The van der Waals surface area contributed by atoms with Gasteiger partial charge in [0.2, 0.25) is 0 Å². The maximum atomic E-state index is 11.9. The van der Waals surface area contributed by atoms with Crippen LogP contribution in [0.5, 0.6) is 0 Å². The number of nitrogens with one attached hydrogen (secondary N) is 1. The summed E-state index contributed by atoms with van der Waals surface area (Å²) in [5.74, 6) is -1.86. The fraction of sp³-hybridized carbons (Fsp3) is 0.500. The average Bonchev–Trinajstić information content (AvgIpc) is 2.87. The van der Waals surface area contributed by atoms with E-state index in [1.165, 1.54) is 23.0 Å². The van der Waals surface area contributed by atoms with Gasteiger partial charge < -0.3 is 14.8 Å². The number of anilines is 1. The molecule has 0 bridgehead atoms. The molecule has 1 amide bonds. The summed E-state index contributed by atoms with van der Waals surface area (Å²) >= 11 is 0. The highest BCUT2D eigenvalue weighted by Crippen LogP contribution is 2.16. The van der Waals surface area contributed by atoms with Crippen molar-refractivity contribution < 1.29 is 23.9 Å². The van der Waals surface area contributed by atoms with Gasteiger partial charge in [-0.15, -0.1) is 0 Å². The normalized spacial score (nSPS) is 10.9. The van der Waals surface area contributed by atoms with Crippen molar-refractivity contribution in [3.63, 3.8) is 0 Å². The van der Waals surface area contributed by atoms with E-state index in [0.717, 1.165) is 0 Å². The minimum absolute atomic E-state index is 0.117. The number of esters is 1. The number of carbonyl (C=O) groups is 3. The van der Waals surface area contributed by atoms with Crippen LogP contribution in [0, 0.1) is 0 Å². The third-order valence-corrected chi connectivity index (χ3v) is 2.84. The van der Waals surface area contributed by atoms with Crippen LogP contribution in [0.3, 0.4) is 0 Å². The van der Waals surface area contributed by atoms with Gasteiger partial charge in [0, 0.05) is 12.4 Å². The van der Waals surface area contributed by atoms with Crippen LogP contribution in [-0.4, -0.2) is 34.7 Å². The predicted molar refractivity (Wildman–Crippen MR) is 75.9 cm³/mol. The molecule has 0 aliphatic heterocycles. The molecule has 0 spiro atoms. The number of carbonyl (C=O) groups excluding carboxylic acids is 3. The van der Waals surface area contributed by atoms with Gasteiger partial charge in [-0.05, 0) is 33.3 Å². The van der Waals surface area contributed by atoms with E-state index in [-0.39, 0.29) is 6.61 Å². The first-order valence-corrected chi connectivity index (χ1v) is 6.68. The molecular formula is C14H20N2O5. The Kier molecular flexibility index (Phi) is 5.52. The highest BCUT2D eigenvalue weighted by molar-refractivity contribution is 6.37. The standard InChI is InChI=1S/C14H20N2O5/c1-5-14(3,4)21-13(19)16-8-7-10(9-16)15-11(17)12(18)20-6-2/h7-9H,5-6H2,1-4H3,(H,15,17). The molecule has 0 aliphatic carbocycles. The Morgan fingerprint density at radius 2 is 1.95 bits per heavy atom. The van der Waals surface area contributed by atoms with Gasteiger partial charge in [-0.1, -0.05) is 6.92 Å². The number of amides is 1. The largest absolute Gasteiger partial charge is 0.459 e. The van der Waals surface area contributed by atoms with Crippen LogP contribution in [0.4, 0.5) is 10.5 Å². The Hall–Kier alpha value is -2.31. The maximum absolute atomic E-state index is 11.9. The molecule has 0 saturated carbocycles. The van der Waals surface area contributed by atoms with Gasteiger partial charge in [0.1, 0.15) is 5.60 Å². The quantitative estimate of drug-likeness (QED) is 0.679. The van der Waals surface area contributed by atoms with Gasteiger partial charge in [-0.3, -0.25) is 9.36 Å².